The van der Waals surface area contributed by atoms with Crippen molar-refractivity contribution >= 4 is 11.7 Å². The lowest BCUT2D eigenvalue weighted by atomic mass is 10.0. The van der Waals surface area contributed by atoms with E-state index in [1.807, 2.05) is 70.4 Å². The van der Waals surface area contributed by atoms with Crippen LogP contribution in [0.4, 0.5) is 5.82 Å². The van der Waals surface area contributed by atoms with Crippen molar-refractivity contribution in [2.24, 2.45) is 0 Å². The zero-order chi connectivity index (χ0) is 22.5. The topological polar surface area (TPSA) is 54.3 Å². The molecule has 6 nitrogen and oxygen atoms in total. The van der Waals surface area contributed by atoms with E-state index in [9.17, 15) is 4.79 Å². The first-order valence-corrected chi connectivity index (χ1v) is 11.4. The molecule has 1 amide bonds. The number of amides is 1. The summed E-state index contributed by atoms with van der Waals surface area (Å²) in [6.45, 7) is 2.81. The molecule has 1 aliphatic rings. The largest absolute Gasteiger partial charge is 0.299 e. The van der Waals surface area contributed by atoms with Crippen LogP contribution >= 0.6 is 0 Å². The van der Waals surface area contributed by atoms with Gasteiger partial charge in [-0.15, -0.1) is 5.10 Å². The molecule has 4 aromatic rings. The first-order chi connectivity index (χ1) is 16.3. The number of anilines is 1. The van der Waals surface area contributed by atoms with Crippen LogP contribution in [0.2, 0.25) is 0 Å². The summed E-state index contributed by atoms with van der Waals surface area (Å²) in [5, 5.41) is 4.77. The highest BCUT2D eigenvalue weighted by molar-refractivity contribution is 6.04. The molecule has 0 radical (unpaired) electrons. The molecular weight excluding hydrogens is 410 g/mol. The molecule has 1 fully saturated rings. The number of hydrogen-bond donors (Lipinski definition) is 0. The molecule has 1 aliphatic heterocycles. The number of nitrogens with zero attached hydrogens (tertiary/aromatic N) is 5. The van der Waals surface area contributed by atoms with Gasteiger partial charge in [0.25, 0.3) is 5.91 Å². The van der Waals surface area contributed by atoms with Crippen molar-refractivity contribution in [2.45, 2.75) is 25.4 Å². The smallest absolute Gasteiger partial charge is 0.278 e. The Labute approximate surface area is 194 Å². The lowest BCUT2D eigenvalue weighted by molar-refractivity contribution is 0.0952. The van der Waals surface area contributed by atoms with Gasteiger partial charge in [0.1, 0.15) is 5.69 Å². The number of hydrogen-bond acceptors (Lipinski definition) is 4. The van der Waals surface area contributed by atoms with Gasteiger partial charge in [0, 0.05) is 44.1 Å². The van der Waals surface area contributed by atoms with Gasteiger partial charge < -0.3 is 0 Å². The molecule has 33 heavy (non-hydrogen) atoms. The predicted molar refractivity (Wildman–Crippen MR) is 129 cm³/mol. The quantitative estimate of drug-likeness (QED) is 0.443. The van der Waals surface area contributed by atoms with Gasteiger partial charge in [-0.25, -0.2) is 4.68 Å². The van der Waals surface area contributed by atoms with Crippen LogP contribution < -0.4 is 4.90 Å². The Morgan fingerprint density at radius 1 is 0.879 bits per heavy atom. The molecule has 2 aromatic carbocycles. The van der Waals surface area contributed by atoms with E-state index in [1.165, 1.54) is 5.56 Å². The molecule has 166 valence electrons. The first kappa shape index (κ1) is 21.1. The fourth-order valence-corrected chi connectivity index (χ4v) is 4.41. The average molecular weight is 438 g/mol. The second-order valence-electron chi connectivity index (χ2n) is 8.34. The van der Waals surface area contributed by atoms with Gasteiger partial charge in [-0.05, 0) is 42.7 Å². The fourth-order valence-electron chi connectivity index (χ4n) is 4.41. The maximum Gasteiger partial charge on any atom is 0.278 e. The van der Waals surface area contributed by atoms with Gasteiger partial charge in [0.05, 0.1) is 5.69 Å². The molecule has 1 saturated heterocycles. The highest BCUT2D eigenvalue weighted by Crippen LogP contribution is 2.26. The monoisotopic (exact) mass is 437 g/mol. The van der Waals surface area contributed by atoms with E-state index in [2.05, 4.69) is 34.1 Å². The predicted octanol–water partition coefficient (Wildman–Crippen LogP) is 4.58. The number of benzene rings is 2. The molecule has 0 saturated carbocycles. The number of carbonyl (C=O) groups is 1. The number of likely N-dealkylation sites (tertiary alicyclic amines) is 1. The maximum atomic E-state index is 13.6. The van der Waals surface area contributed by atoms with Crippen LogP contribution in [0.15, 0.2) is 97.3 Å². The Morgan fingerprint density at radius 2 is 1.58 bits per heavy atom. The van der Waals surface area contributed by atoms with Crippen molar-refractivity contribution < 1.29 is 4.79 Å². The molecule has 0 N–H and O–H groups in total. The van der Waals surface area contributed by atoms with E-state index in [4.69, 9.17) is 5.10 Å². The van der Waals surface area contributed by atoms with Crippen LogP contribution in [0.25, 0.3) is 5.69 Å². The van der Waals surface area contributed by atoms with Gasteiger partial charge in [-0.1, -0.05) is 54.6 Å². The minimum absolute atomic E-state index is 0.0747. The first-order valence-electron chi connectivity index (χ1n) is 11.4. The van der Waals surface area contributed by atoms with Crippen molar-refractivity contribution in [3.8, 4) is 5.69 Å². The molecule has 2 aromatic heterocycles. The Kier molecular flexibility index (Phi) is 6.26. The molecule has 0 unspecified atom stereocenters. The van der Waals surface area contributed by atoms with Gasteiger partial charge in [0.2, 0.25) is 0 Å². The standard InChI is InChI=1S/C27H27N5O/c33-27(25-13-7-8-17-28-25)32(26-16-20-31(29-26)23-11-5-2-6-12-23)24-14-18-30(19-15-24)21-22-9-3-1-4-10-22/h1-13,16-17,20,24H,14-15,18-19,21H2. The van der Waals surface area contributed by atoms with Gasteiger partial charge >= 0.3 is 0 Å². The van der Waals surface area contributed by atoms with E-state index in [-0.39, 0.29) is 11.9 Å². The number of para-hydroxylation sites is 1. The van der Waals surface area contributed by atoms with E-state index in [0.29, 0.717) is 11.5 Å². The summed E-state index contributed by atoms with van der Waals surface area (Å²) in [7, 11) is 0. The zero-order valence-electron chi connectivity index (χ0n) is 18.5. The summed E-state index contributed by atoms with van der Waals surface area (Å²) in [6.07, 6.45) is 5.36. The molecular formula is C27H27N5O. The molecule has 0 spiro atoms. The van der Waals surface area contributed by atoms with Crippen LogP contribution in [0, 0.1) is 0 Å². The lowest BCUT2D eigenvalue weighted by Crippen LogP contribution is -2.48. The summed E-state index contributed by atoms with van der Waals surface area (Å²) in [4.78, 5) is 22.2. The van der Waals surface area contributed by atoms with Crippen molar-refractivity contribution in [3.05, 3.63) is 109 Å². The van der Waals surface area contributed by atoms with Crippen LogP contribution in [0.3, 0.4) is 0 Å². The van der Waals surface area contributed by atoms with Crippen LogP contribution in [0.5, 0.6) is 0 Å². The number of carbonyl (C=O) groups excluding carboxylic acids is 1. The lowest BCUT2D eigenvalue weighted by Gasteiger charge is -2.37. The molecule has 5 rings (SSSR count). The third-order valence-electron chi connectivity index (χ3n) is 6.12. The third-order valence-corrected chi connectivity index (χ3v) is 6.12. The molecule has 0 atom stereocenters. The summed E-state index contributed by atoms with van der Waals surface area (Å²) in [5.74, 6) is 0.562. The van der Waals surface area contributed by atoms with Gasteiger partial charge in [-0.3, -0.25) is 19.6 Å². The van der Waals surface area contributed by atoms with Crippen molar-refractivity contribution in [1.82, 2.24) is 19.7 Å². The summed E-state index contributed by atoms with van der Waals surface area (Å²) in [5.41, 5.74) is 2.73. The van der Waals surface area contributed by atoms with E-state index in [0.717, 1.165) is 38.2 Å². The Balaban J connectivity index is 1.37. The zero-order valence-corrected chi connectivity index (χ0v) is 18.5. The van der Waals surface area contributed by atoms with Gasteiger partial charge in [-0.2, -0.15) is 0 Å². The SMILES string of the molecule is O=C(c1ccccn1)N(c1ccn(-c2ccccc2)n1)C1CCN(Cc2ccccc2)CC1. The Hall–Kier alpha value is -3.77. The maximum absolute atomic E-state index is 13.6. The number of aromatic nitrogens is 3. The number of piperidine rings is 1. The van der Waals surface area contributed by atoms with Crippen LogP contribution in [0.1, 0.15) is 28.9 Å². The fraction of sp³-hybridized carbons (Fsp3) is 0.222. The molecule has 0 aliphatic carbocycles. The number of pyridine rings is 1. The molecule has 0 bridgehead atoms. The van der Waals surface area contributed by atoms with E-state index >= 15 is 0 Å². The van der Waals surface area contributed by atoms with Crippen molar-refractivity contribution in [2.75, 3.05) is 18.0 Å². The van der Waals surface area contributed by atoms with E-state index < -0.39 is 0 Å². The van der Waals surface area contributed by atoms with Crippen molar-refractivity contribution in [1.29, 1.82) is 0 Å². The Bertz CT molecular complexity index is 1170. The highest BCUT2D eigenvalue weighted by Gasteiger charge is 2.32. The summed E-state index contributed by atoms with van der Waals surface area (Å²) < 4.78 is 1.82. The minimum Gasteiger partial charge on any atom is -0.299 e. The van der Waals surface area contributed by atoms with E-state index in [1.54, 1.807) is 12.3 Å². The summed E-state index contributed by atoms with van der Waals surface area (Å²) in [6, 6.07) is 27.9. The second kappa shape index (κ2) is 9.79. The third kappa shape index (κ3) is 4.86. The number of rotatable bonds is 6. The Morgan fingerprint density at radius 3 is 2.27 bits per heavy atom. The average Bonchev–Trinajstić information content (AvgIpc) is 3.37. The second-order valence-corrected chi connectivity index (χ2v) is 8.34. The summed E-state index contributed by atoms with van der Waals surface area (Å²) >= 11 is 0. The van der Waals surface area contributed by atoms with Crippen LogP contribution in [-0.4, -0.2) is 44.7 Å². The van der Waals surface area contributed by atoms with Crippen molar-refractivity contribution in [3.63, 3.8) is 0 Å². The highest BCUT2D eigenvalue weighted by atomic mass is 16.2. The normalized spacial score (nSPS) is 14.8. The van der Waals surface area contributed by atoms with Gasteiger partial charge in [0.15, 0.2) is 5.82 Å². The van der Waals surface area contributed by atoms with Crippen LogP contribution in [-0.2, 0) is 6.54 Å². The minimum atomic E-state index is -0.101. The molecule has 3 heterocycles. The molecule has 6 heteroatoms.